The van der Waals surface area contributed by atoms with E-state index in [1.54, 1.807) is 37.3 Å². The van der Waals surface area contributed by atoms with Crippen molar-refractivity contribution in [1.82, 2.24) is 0 Å². The predicted molar refractivity (Wildman–Crippen MR) is 105 cm³/mol. The number of carbonyl (C=O) groups is 1. The van der Waals surface area contributed by atoms with Gasteiger partial charge < -0.3 is 19.3 Å². The Morgan fingerprint density at radius 1 is 1.29 bits per heavy atom. The van der Waals surface area contributed by atoms with Crippen molar-refractivity contribution < 1.29 is 28.5 Å². The Morgan fingerprint density at radius 2 is 1.96 bits per heavy atom. The minimum atomic E-state index is -0.987. The summed E-state index contributed by atoms with van der Waals surface area (Å²) in [5.74, 6) is -1.55. The maximum atomic E-state index is 15.3. The van der Waals surface area contributed by atoms with Crippen LogP contribution >= 0.6 is 11.6 Å². The van der Waals surface area contributed by atoms with Gasteiger partial charge in [-0.15, -0.1) is 0 Å². The zero-order valence-electron chi connectivity index (χ0n) is 16.1. The monoisotopic (exact) mass is 410 g/mol. The van der Waals surface area contributed by atoms with Crippen LogP contribution in [0.25, 0.3) is 0 Å². The van der Waals surface area contributed by atoms with Crippen LogP contribution in [0, 0.1) is 12.7 Å². The van der Waals surface area contributed by atoms with Crippen molar-refractivity contribution in [3.8, 4) is 11.5 Å². The molecule has 1 unspecified atom stereocenters. The van der Waals surface area contributed by atoms with E-state index >= 15 is 4.39 Å². The summed E-state index contributed by atoms with van der Waals surface area (Å²) in [6.07, 6.45) is 0.526. The molecule has 7 heteroatoms. The molecule has 0 aliphatic heterocycles. The maximum Gasteiger partial charge on any atom is 0.347 e. The first-order chi connectivity index (χ1) is 13.5. The van der Waals surface area contributed by atoms with Crippen LogP contribution in [0.15, 0.2) is 30.3 Å². The molecule has 0 spiro atoms. The standard InChI is InChI=1S/C21H24ClFO5/c1-4-5-11-27-20-16(21(25)28-14-9-7-6-8-10-14)13(2)18(22)17(19(20)23)15(12-24)26-3/h6-10,15,24H,4-5,11-12H2,1-3H3. The van der Waals surface area contributed by atoms with Gasteiger partial charge in [-0.3, -0.25) is 0 Å². The zero-order chi connectivity index (χ0) is 20.7. The fourth-order valence-corrected chi connectivity index (χ4v) is 3.02. The first kappa shape index (κ1) is 22.1. The van der Waals surface area contributed by atoms with Crippen LogP contribution in [-0.2, 0) is 4.74 Å². The van der Waals surface area contributed by atoms with E-state index in [0.29, 0.717) is 17.7 Å². The quantitative estimate of drug-likeness (QED) is 0.363. The SMILES string of the molecule is CCCCOc1c(F)c(C(CO)OC)c(Cl)c(C)c1C(=O)Oc1ccccc1. The summed E-state index contributed by atoms with van der Waals surface area (Å²) in [5.41, 5.74) is 0.159. The Morgan fingerprint density at radius 3 is 2.54 bits per heavy atom. The Kier molecular flexibility index (Phi) is 8.23. The van der Waals surface area contributed by atoms with Crippen LogP contribution in [0.2, 0.25) is 5.02 Å². The molecule has 152 valence electrons. The second-order valence-corrected chi connectivity index (χ2v) is 6.56. The van der Waals surface area contributed by atoms with E-state index in [0.717, 1.165) is 6.42 Å². The number of hydrogen-bond acceptors (Lipinski definition) is 5. The number of ether oxygens (including phenoxy) is 3. The van der Waals surface area contributed by atoms with Gasteiger partial charge in [-0.05, 0) is 31.0 Å². The number of halogens is 2. The molecule has 28 heavy (non-hydrogen) atoms. The zero-order valence-corrected chi connectivity index (χ0v) is 16.9. The molecule has 2 aromatic carbocycles. The lowest BCUT2D eigenvalue weighted by Crippen LogP contribution is -2.18. The summed E-state index contributed by atoms with van der Waals surface area (Å²) in [6, 6.07) is 8.45. The molecule has 0 saturated heterocycles. The summed E-state index contributed by atoms with van der Waals surface area (Å²) in [5, 5.41) is 9.50. The van der Waals surface area contributed by atoms with Gasteiger partial charge in [0.25, 0.3) is 0 Å². The summed E-state index contributed by atoms with van der Waals surface area (Å²) >= 11 is 6.34. The van der Waals surface area contributed by atoms with E-state index in [1.165, 1.54) is 7.11 Å². The van der Waals surface area contributed by atoms with E-state index in [4.69, 9.17) is 25.8 Å². The van der Waals surface area contributed by atoms with Crippen LogP contribution in [-0.4, -0.2) is 31.4 Å². The number of para-hydroxylation sites is 1. The second-order valence-electron chi connectivity index (χ2n) is 6.18. The van der Waals surface area contributed by atoms with Crippen LogP contribution in [0.5, 0.6) is 11.5 Å². The van der Waals surface area contributed by atoms with E-state index in [1.807, 2.05) is 6.92 Å². The summed E-state index contributed by atoms with van der Waals surface area (Å²) in [7, 11) is 1.33. The highest BCUT2D eigenvalue weighted by Gasteiger charge is 2.31. The second kappa shape index (κ2) is 10.4. The smallest absolute Gasteiger partial charge is 0.347 e. The molecule has 0 radical (unpaired) electrons. The molecule has 0 heterocycles. The number of esters is 1. The highest BCUT2D eigenvalue weighted by atomic mass is 35.5. The maximum absolute atomic E-state index is 15.3. The first-order valence-electron chi connectivity index (χ1n) is 9.01. The number of aliphatic hydroxyl groups is 1. The van der Waals surface area contributed by atoms with Gasteiger partial charge in [-0.1, -0.05) is 43.1 Å². The largest absolute Gasteiger partial charge is 0.490 e. The molecule has 0 amide bonds. The molecule has 0 fully saturated rings. The molecule has 1 N–H and O–H groups in total. The Labute approximate surface area is 169 Å². The highest BCUT2D eigenvalue weighted by molar-refractivity contribution is 6.32. The van der Waals surface area contributed by atoms with Gasteiger partial charge in [0.1, 0.15) is 17.4 Å². The van der Waals surface area contributed by atoms with Crippen LogP contribution in [0.4, 0.5) is 4.39 Å². The molecule has 2 rings (SSSR count). The van der Waals surface area contributed by atoms with Gasteiger partial charge in [0.05, 0.1) is 18.2 Å². The average Bonchev–Trinajstić information content (AvgIpc) is 2.70. The Bertz CT molecular complexity index is 806. The van der Waals surface area contributed by atoms with Gasteiger partial charge in [0.2, 0.25) is 0 Å². The van der Waals surface area contributed by atoms with Crippen molar-refractivity contribution in [2.24, 2.45) is 0 Å². The third-order valence-electron chi connectivity index (χ3n) is 4.28. The van der Waals surface area contributed by atoms with Gasteiger partial charge in [-0.25, -0.2) is 9.18 Å². The summed E-state index contributed by atoms with van der Waals surface area (Å²) in [6.45, 7) is 3.28. The first-order valence-corrected chi connectivity index (χ1v) is 9.39. The Hall–Kier alpha value is -2.15. The van der Waals surface area contributed by atoms with Crippen LogP contribution in [0.1, 0.15) is 47.4 Å². The van der Waals surface area contributed by atoms with Crippen molar-refractivity contribution in [3.05, 3.63) is 57.9 Å². The molecule has 0 aromatic heterocycles. The van der Waals surface area contributed by atoms with Gasteiger partial charge in [0, 0.05) is 12.7 Å². The van der Waals surface area contributed by atoms with Gasteiger partial charge >= 0.3 is 5.97 Å². The van der Waals surface area contributed by atoms with E-state index in [-0.39, 0.29) is 28.5 Å². The third-order valence-corrected chi connectivity index (χ3v) is 4.77. The molecule has 2 aromatic rings. The number of benzene rings is 2. The topological polar surface area (TPSA) is 65.0 Å². The number of carbonyl (C=O) groups excluding carboxylic acids is 1. The molecule has 0 aliphatic rings. The lowest BCUT2D eigenvalue weighted by molar-refractivity contribution is 0.0454. The molecule has 0 saturated carbocycles. The van der Waals surface area contributed by atoms with Gasteiger partial charge in [-0.2, -0.15) is 0 Å². The number of hydrogen-bond donors (Lipinski definition) is 1. The minimum Gasteiger partial charge on any atom is -0.490 e. The van der Waals surface area contributed by atoms with Crippen LogP contribution in [0.3, 0.4) is 0 Å². The average molecular weight is 411 g/mol. The summed E-state index contributed by atoms with van der Waals surface area (Å²) < 4.78 is 31.4. The van der Waals surface area contributed by atoms with Gasteiger partial charge in [0.15, 0.2) is 11.6 Å². The van der Waals surface area contributed by atoms with E-state index in [9.17, 15) is 9.90 Å². The molecule has 0 aliphatic carbocycles. The molecular weight excluding hydrogens is 387 g/mol. The molecule has 0 bridgehead atoms. The third kappa shape index (κ3) is 4.82. The minimum absolute atomic E-state index is 0.0127. The number of methoxy groups -OCH3 is 1. The lowest BCUT2D eigenvalue weighted by atomic mass is 9.99. The summed E-state index contributed by atoms with van der Waals surface area (Å²) in [4.78, 5) is 12.8. The predicted octanol–water partition coefficient (Wildman–Crippen LogP) is 4.87. The van der Waals surface area contributed by atoms with Crippen molar-refractivity contribution in [1.29, 1.82) is 0 Å². The number of unbranched alkanes of at least 4 members (excludes halogenated alkanes) is 1. The van der Waals surface area contributed by atoms with Crippen LogP contribution < -0.4 is 9.47 Å². The lowest BCUT2D eigenvalue weighted by Gasteiger charge is -2.22. The fourth-order valence-electron chi connectivity index (χ4n) is 2.72. The molecular formula is C21H24ClFO5. The Balaban J connectivity index is 2.57. The normalized spacial score (nSPS) is 11.9. The molecule has 1 atom stereocenters. The van der Waals surface area contributed by atoms with Crippen molar-refractivity contribution in [2.45, 2.75) is 32.8 Å². The number of aliphatic hydroxyl groups excluding tert-OH is 1. The van der Waals surface area contributed by atoms with Crippen molar-refractivity contribution in [2.75, 3.05) is 20.3 Å². The fraction of sp³-hybridized carbons (Fsp3) is 0.381. The van der Waals surface area contributed by atoms with Crippen molar-refractivity contribution in [3.63, 3.8) is 0 Å². The highest BCUT2D eigenvalue weighted by Crippen LogP contribution is 2.40. The van der Waals surface area contributed by atoms with E-state index < -0.39 is 24.5 Å². The number of rotatable bonds is 9. The molecule has 5 nitrogen and oxygen atoms in total. The van der Waals surface area contributed by atoms with E-state index in [2.05, 4.69) is 0 Å². The van der Waals surface area contributed by atoms with Crippen molar-refractivity contribution >= 4 is 17.6 Å².